The molecule has 1 aliphatic heterocycles. The van der Waals surface area contributed by atoms with Crippen molar-refractivity contribution in [2.24, 2.45) is 0 Å². The first-order valence-electron chi connectivity index (χ1n) is 16.1. The van der Waals surface area contributed by atoms with Gasteiger partial charge in [0.1, 0.15) is 0 Å². The first-order valence-corrected chi connectivity index (χ1v) is 19.5. The summed E-state index contributed by atoms with van der Waals surface area (Å²) < 4.78 is 17.3. The third-order valence-electron chi connectivity index (χ3n) is 9.15. The van der Waals surface area contributed by atoms with E-state index in [-0.39, 0.29) is 0 Å². The van der Waals surface area contributed by atoms with Crippen molar-refractivity contribution in [3.8, 4) is 20.2 Å². The lowest BCUT2D eigenvalue weighted by molar-refractivity contribution is 0.541. The molecule has 1 unspecified atom stereocenters. The average Bonchev–Trinajstić information content (AvgIpc) is 3.81. The van der Waals surface area contributed by atoms with Crippen LogP contribution in [0.1, 0.15) is 71.1 Å². The van der Waals surface area contributed by atoms with Gasteiger partial charge in [-0.1, -0.05) is 119 Å². The minimum absolute atomic E-state index is 0.934. The van der Waals surface area contributed by atoms with Gasteiger partial charge in [0.2, 0.25) is 0 Å². The fourth-order valence-electron chi connectivity index (χ4n) is 6.89. The van der Waals surface area contributed by atoms with Crippen molar-refractivity contribution in [2.45, 2.75) is 77.7 Å². The Labute approximate surface area is 263 Å². The number of benzene rings is 3. The van der Waals surface area contributed by atoms with E-state index in [0.717, 1.165) is 22.5 Å². The minimum atomic E-state index is -2.85. The van der Waals surface area contributed by atoms with E-state index >= 15 is 0 Å². The van der Waals surface area contributed by atoms with E-state index in [2.05, 4.69) is 71.5 Å². The van der Waals surface area contributed by atoms with E-state index in [1.165, 1.54) is 106 Å². The molecule has 43 heavy (non-hydrogen) atoms. The second-order valence-electron chi connectivity index (χ2n) is 12.0. The van der Waals surface area contributed by atoms with Crippen molar-refractivity contribution >= 4 is 67.5 Å². The van der Waals surface area contributed by atoms with E-state index in [0.29, 0.717) is 0 Å². The largest absolute Gasteiger partial charge is 0.340 e. The zero-order valence-corrected chi connectivity index (χ0v) is 27.6. The molecular weight excluding hydrogens is 582 g/mol. The van der Waals surface area contributed by atoms with Crippen LogP contribution in [0.5, 0.6) is 0 Å². The van der Waals surface area contributed by atoms with Crippen molar-refractivity contribution in [1.29, 1.82) is 0 Å². The van der Waals surface area contributed by atoms with Crippen LogP contribution in [0.4, 0.5) is 0 Å². The number of rotatable bonds is 13. The Morgan fingerprint density at radius 3 is 2.14 bits per heavy atom. The van der Waals surface area contributed by atoms with Crippen molar-refractivity contribution < 1.29 is 4.57 Å². The molecule has 0 fully saturated rings. The van der Waals surface area contributed by atoms with Gasteiger partial charge in [0.05, 0.1) is 9.75 Å². The summed E-state index contributed by atoms with van der Waals surface area (Å²) in [5.74, 6) is 0. The maximum atomic E-state index is 14.8. The van der Waals surface area contributed by atoms with Crippen LogP contribution in [0.3, 0.4) is 0 Å². The predicted octanol–water partition coefficient (Wildman–Crippen LogP) is 11.1. The molecule has 0 bridgehead atoms. The fourth-order valence-corrected chi connectivity index (χ4v) is 13.1. The molecule has 3 aromatic carbocycles. The Kier molecular flexibility index (Phi) is 8.45. The lowest BCUT2D eigenvalue weighted by Crippen LogP contribution is -2.19. The number of thiophene rings is 2. The van der Waals surface area contributed by atoms with Crippen LogP contribution in [0.2, 0.25) is 0 Å². The van der Waals surface area contributed by atoms with Crippen LogP contribution in [0.15, 0.2) is 90.3 Å². The molecule has 0 N–H and O–H groups in total. The molecule has 2 nitrogen and oxygen atoms in total. The quantitative estimate of drug-likeness (QED) is 0.0927. The molecule has 0 aliphatic carbocycles. The van der Waals surface area contributed by atoms with Crippen molar-refractivity contribution in [3.63, 3.8) is 0 Å². The summed E-state index contributed by atoms with van der Waals surface area (Å²) in [7, 11) is -2.85. The zero-order valence-electron chi connectivity index (χ0n) is 25.1. The highest BCUT2D eigenvalue weighted by molar-refractivity contribution is 7.87. The second kappa shape index (κ2) is 12.6. The van der Waals surface area contributed by atoms with E-state index < -0.39 is 7.14 Å². The Bertz CT molecular complexity index is 1910. The van der Waals surface area contributed by atoms with E-state index in [1.54, 1.807) is 22.7 Å². The number of unbranched alkanes of at least 4 members (excludes halogenated alkanes) is 9. The van der Waals surface area contributed by atoms with E-state index in [9.17, 15) is 4.57 Å². The number of aromatic nitrogens is 1. The van der Waals surface area contributed by atoms with Crippen LogP contribution in [0, 0.1) is 0 Å². The summed E-state index contributed by atoms with van der Waals surface area (Å²) >= 11 is 3.52. The molecule has 0 spiro atoms. The number of aryl methyl sites for hydroxylation is 1. The topological polar surface area (TPSA) is 22.0 Å². The maximum absolute atomic E-state index is 14.8. The van der Waals surface area contributed by atoms with E-state index in [1.807, 2.05) is 30.3 Å². The van der Waals surface area contributed by atoms with Gasteiger partial charge in [-0.25, -0.2) is 0 Å². The number of nitrogens with zero attached hydrogens (tertiary/aromatic N) is 1. The highest BCUT2D eigenvalue weighted by atomic mass is 32.1. The molecular formula is C38H40NOPS2. The SMILES string of the molecule is CCCCCCCCCCCCn1c2ccccc2c2cc(-c3cc4c(s3)-c3sccc3P4(=O)c3ccccc3)ccc21. The van der Waals surface area contributed by atoms with Gasteiger partial charge >= 0.3 is 0 Å². The molecule has 3 aromatic heterocycles. The normalized spacial score (nSPS) is 15.8. The standard InChI is InChI=1S/C38H40NOPS2/c1-2-3-4-5-6-7-8-9-10-16-24-39-32-20-15-14-19-30(32)31-26-28(21-22-33(31)39)36-27-35-38(43-36)37-34(23-25-42-37)41(35,40)29-17-12-11-13-18-29/h11-15,17-23,25-27H,2-10,16,24H2,1H3. The fraction of sp³-hybridized carbons (Fsp3) is 0.316. The van der Waals surface area contributed by atoms with Gasteiger partial charge in [-0.05, 0) is 47.7 Å². The van der Waals surface area contributed by atoms with Crippen molar-refractivity contribution in [3.05, 3.63) is 90.3 Å². The van der Waals surface area contributed by atoms with Gasteiger partial charge in [0.25, 0.3) is 0 Å². The van der Waals surface area contributed by atoms with Gasteiger partial charge in [-0.3, -0.25) is 0 Å². The predicted molar refractivity (Wildman–Crippen MR) is 191 cm³/mol. The Hall–Kier alpha value is -2.91. The van der Waals surface area contributed by atoms with E-state index in [4.69, 9.17) is 0 Å². The summed E-state index contributed by atoms with van der Waals surface area (Å²) in [5.41, 5.74) is 3.86. The van der Waals surface area contributed by atoms with Gasteiger partial charge in [0.15, 0.2) is 7.14 Å². The molecule has 0 amide bonds. The molecule has 6 aromatic rings. The van der Waals surface area contributed by atoms with Crippen LogP contribution < -0.4 is 15.9 Å². The summed E-state index contributed by atoms with van der Waals surface area (Å²) in [6.07, 6.45) is 13.6. The molecule has 0 radical (unpaired) electrons. The Morgan fingerprint density at radius 1 is 0.651 bits per heavy atom. The summed E-state index contributed by atoms with van der Waals surface area (Å²) in [5, 5.41) is 7.70. The van der Waals surface area contributed by atoms with Crippen LogP contribution in [-0.2, 0) is 11.1 Å². The number of hydrogen-bond donors (Lipinski definition) is 0. The molecule has 7 rings (SSSR count). The van der Waals surface area contributed by atoms with Gasteiger partial charge in [0, 0.05) is 49.1 Å². The molecule has 4 heterocycles. The highest BCUT2D eigenvalue weighted by Crippen LogP contribution is 2.57. The summed E-state index contributed by atoms with van der Waals surface area (Å²) in [6.45, 7) is 3.35. The zero-order chi connectivity index (χ0) is 29.2. The van der Waals surface area contributed by atoms with Crippen LogP contribution in [0.25, 0.3) is 42.0 Å². The third-order valence-corrected chi connectivity index (χ3v) is 14.8. The lowest BCUT2D eigenvalue weighted by Gasteiger charge is -2.13. The number of para-hydroxylation sites is 1. The molecule has 1 aliphatic rings. The van der Waals surface area contributed by atoms with Gasteiger partial charge in [-0.2, -0.15) is 0 Å². The number of hydrogen-bond acceptors (Lipinski definition) is 3. The third kappa shape index (κ3) is 5.26. The molecule has 0 saturated carbocycles. The molecule has 220 valence electrons. The van der Waals surface area contributed by atoms with Crippen molar-refractivity contribution in [1.82, 2.24) is 4.57 Å². The molecule has 0 saturated heterocycles. The van der Waals surface area contributed by atoms with Crippen LogP contribution in [-0.4, -0.2) is 4.57 Å². The first-order chi connectivity index (χ1) is 21.2. The van der Waals surface area contributed by atoms with Gasteiger partial charge in [-0.15, -0.1) is 22.7 Å². The minimum Gasteiger partial charge on any atom is -0.340 e. The monoisotopic (exact) mass is 621 g/mol. The Balaban J connectivity index is 1.14. The molecule has 1 atom stereocenters. The van der Waals surface area contributed by atoms with Crippen molar-refractivity contribution in [2.75, 3.05) is 0 Å². The summed E-state index contributed by atoms with van der Waals surface area (Å²) in [4.78, 5) is 3.58. The van der Waals surface area contributed by atoms with Crippen LogP contribution >= 0.6 is 29.8 Å². The smallest absolute Gasteiger partial charge is 0.173 e. The average molecular weight is 622 g/mol. The second-order valence-corrected chi connectivity index (χ2v) is 16.7. The number of fused-ring (bicyclic) bond motifs is 6. The highest BCUT2D eigenvalue weighted by Gasteiger charge is 2.42. The molecule has 5 heteroatoms. The first kappa shape index (κ1) is 28.8. The summed E-state index contributed by atoms with van der Waals surface area (Å²) in [6, 6.07) is 30.2. The maximum Gasteiger partial charge on any atom is 0.173 e. The Morgan fingerprint density at radius 2 is 1.35 bits per heavy atom. The lowest BCUT2D eigenvalue weighted by atomic mass is 10.1. The van der Waals surface area contributed by atoms with Gasteiger partial charge < -0.3 is 9.13 Å².